The number of rotatable bonds is 3. The molecule has 7 nitrogen and oxygen atoms in total. The number of aromatic amines is 1. The number of amides is 1. The van der Waals surface area contributed by atoms with E-state index < -0.39 is 17.2 Å². The van der Waals surface area contributed by atoms with E-state index in [2.05, 4.69) is 15.3 Å². The fourth-order valence-corrected chi connectivity index (χ4v) is 2.77. The van der Waals surface area contributed by atoms with Gasteiger partial charge < -0.3 is 5.32 Å². The minimum absolute atomic E-state index is 0.182. The van der Waals surface area contributed by atoms with Crippen molar-refractivity contribution in [3.05, 3.63) is 67.4 Å². The molecule has 2 N–H and O–H groups in total. The Morgan fingerprint density at radius 2 is 2.08 bits per heavy atom. The van der Waals surface area contributed by atoms with Gasteiger partial charge in [0.2, 0.25) is 0 Å². The van der Waals surface area contributed by atoms with Crippen molar-refractivity contribution in [1.29, 1.82) is 0 Å². The largest absolute Gasteiger partial charge is 0.329 e. The summed E-state index contributed by atoms with van der Waals surface area (Å²) in [5.74, 6) is -0.409. The molecule has 2 aromatic heterocycles. The van der Waals surface area contributed by atoms with E-state index in [1.807, 2.05) is 6.92 Å². The van der Waals surface area contributed by atoms with Gasteiger partial charge in [0.05, 0.1) is 10.9 Å². The molecule has 128 valence electrons. The number of carbonyl (C=O) groups is 1. The number of fused-ring (bicyclic) bond motifs is 1. The zero-order chi connectivity index (χ0) is 18.1. The molecule has 0 fully saturated rings. The van der Waals surface area contributed by atoms with Crippen LogP contribution in [0.3, 0.4) is 0 Å². The van der Waals surface area contributed by atoms with Gasteiger partial charge in [-0.1, -0.05) is 11.6 Å². The van der Waals surface area contributed by atoms with Crippen molar-refractivity contribution in [3.8, 4) is 0 Å². The Morgan fingerprint density at radius 1 is 1.32 bits per heavy atom. The summed E-state index contributed by atoms with van der Waals surface area (Å²) >= 11 is 5.91. The van der Waals surface area contributed by atoms with Gasteiger partial charge in [-0.3, -0.25) is 19.1 Å². The number of nitrogens with one attached hydrogen (secondary N) is 2. The molecule has 0 saturated carbocycles. The second-order valence-corrected chi connectivity index (χ2v) is 5.95. The lowest BCUT2D eigenvalue weighted by atomic mass is 10.1. The van der Waals surface area contributed by atoms with Gasteiger partial charge in [0.25, 0.3) is 11.5 Å². The lowest BCUT2D eigenvalue weighted by Gasteiger charge is -2.10. The third-order valence-corrected chi connectivity index (χ3v) is 4.08. The molecule has 0 unspecified atom stereocenters. The molecule has 0 bridgehead atoms. The van der Waals surface area contributed by atoms with E-state index in [9.17, 15) is 14.4 Å². The number of hydrogen-bond acceptors (Lipinski definition) is 4. The molecule has 0 atom stereocenters. The third-order valence-electron chi connectivity index (χ3n) is 3.85. The van der Waals surface area contributed by atoms with E-state index in [1.54, 1.807) is 25.1 Å². The summed E-state index contributed by atoms with van der Waals surface area (Å²) in [4.78, 5) is 42.7. The van der Waals surface area contributed by atoms with Crippen LogP contribution in [0.1, 0.15) is 22.8 Å². The summed E-state index contributed by atoms with van der Waals surface area (Å²) < 4.78 is 1.34. The van der Waals surface area contributed by atoms with Gasteiger partial charge in [-0.2, -0.15) is 0 Å². The number of H-pyrrole nitrogens is 1. The van der Waals surface area contributed by atoms with E-state index in [0.29, 0.717) is 17.3 Å². The van der Waals surface area contributed by atoms with Crippen LogP contribution in [0.15, 0.2) is 40.1 Å². The number of nitrogens with zero attached hydrogens (tertiary/aromatic N) is 2. The maximum absolute atomic E-state index is 12.5. The van der Waals surface area contributed by atoms with Gasteiger partial charge >= 0.3 is 5.69 Å². The SMILES string of the molecule is CCn1c(=O)[nH]c(=O)c2cc(C(=O)Nc3ccc(Cl)cc3C)cnc21. The van der Waals surface area contributed by atoms with Crippen LogP contribution in [0.2, 0.25) is 5.02 Å². The maximum Gasteiger partial charge on any atom is 0.329 e. The van der Waals surface area contributed by atoms with Crippen molar-refractivity contribution in [3.63, 3.8) is 0 Å². The van der Waals surface area contributed by atoms with E-state index >= 15 is 0 Å². The lowest BCUT2D eigenvalue weighted by molar-refractivity contribution is 0.102. The first-order chi connectivity index (χ1) is 11.9. The highest BCUT2D eigenvalue weighted by molar-refractivity contribution is 6.30. The summed E-state index contributed by atoms with van der Waals surface area (Å²) in [5, 5.41) is 3.52. The van der Waals surface area contributed by atoms with Crippen LogP contribution in [-0.4, -0.2) is 20.4 Å². The molecule has 1 amide bonds. The van der Waals surface area contributed by atoms with E-state index in [-0.39, 0.29) is 16.6 Å². The summed E-state index contributed by atoms with van der Waals surface area (Å²) in [5.41, 5.74) is 0.786. The first-order valence-corrected chi connectivity index (χ1v) is 7.99. The fourth-order valence-electron chi connectivity index (χ4n) is 2.55. The maximum atomic E-state index is 12.5. The summed E-state index contributed by atoms with van der Waals surface area (Å²) in [7, 11) is 0. The smallest absolute Gasteiger partial charge is 0.322 e. The van der Waals surface area contributed by atoms with Crippen LogP contribution in [-0.2, 0) is 6.54 Å². The predicted octanol–water partition coefficient (Wildman–Crippen LogP) is 2.32. The summed E-state index contributed by atoms with van der Waals surface area (Å²) in [6.07, 6.45) is 1.34. The number of aryl methyl sites for hydroxylation is 2. The standard InChI is InChI=1S/C17H15ClN4O3/c1-3-22-14-12(16(24)21-17(22)25)7-10(8-19-14)15(23)20-13-5-4-11(18)6-9(13)2/h4-8H,3H2,1-2H3,(H,20,23)(H,21,24,25). The molecule has 0 aliphatic heterocycles. The molecule has 0 spiro atoms. The van der Waals surface area contributed by atoms with Gasteiger partial charge in [-0.25, -0.2) is 9.78 Å². The zero-order valence-electron chi connectivity index (χ0n) is 13.6. The highest BCUT2D eigenvalue weighted by Crippen LogP contribution is 2.20. The Morgan fingerprint density at radius 3 is 2.76 bits per heavy atom. The molecule has 0 radical (unpaired) electrons. The fraction of sp³-hybridized carbons (Fsp3) is 0.176. The monoisotopic (exact) mass is 358 g/mol. The Kier molecular flexibility index (Phi) is 4.41. The highest BCUT2D eigenvalue weighted by atomic mass is 35.5. The number of pyridine rings is 1. The molecule has 25 heavy (non-hydrogen) atoms. The van der Waals surface area contributed by atoms with Crippen molar-refractivity contribution < 1.29 is 4.79 Å². The van der Waals surface area contributed by atoms with Gasteiger partial charge in [-0.05, 0) is 43.7 Å². The van der Waals surface area contributed by atoms with Crippen LogP contribution < -0.4 is 16.6 Å². The lowest BCUT2D eigenvalue weighted by Crippen LogP contribution is -2.30. The minimum atomic E-state index is -0.575. The van der Waals surface area contributed by atoms with Gasteiger partial charge in [-0.15, -0.1) is 0 Å². The number of carbonyl (C=O) groups excluding carboxylic acids is 1. The van der Waals surface area contributed by atoms with E-state index in [1.165, 1.54) is 16.8 Å². The van der Waals surface area contributed by atoms with Crippen molar-refractivity contribution in [2.24, 2.45) is 0 Å². The van der Waals surface area contributed by atoms with E-state index in [4.69, 9.17) is 11.6 Å². The van der Waals surface area contributed by atoms with Crippen LogP contribution >= 0.6 is 11.6 Å². The molecular weight excluding hydrogens is 344 g/mol. The summed E-state index contributed by atoms with van der Waals surface area (Å²) in [6.45, 7) is 3.95. The number of benzene rings is 1. The molecule has 1 aromatic carbocycles. The molecule has 2 heterocycles. The average molecular weight is 359 g/mol. The van der Waals surface area contributed by atoms with Crippen molar-refractivity contribution >= 4 is 34.2 Å². The quantitative estimate of drug-likeness (QED) is 0.750. The highest BCUT2D eigenvalue weighted by Gasteiger charge is 2.13. The molecule has 0 saturated heterocycles. The molecule has 3 rings (SSSR count). The normalized spacial score (nSPS) is 10.8. The number of hydrogen-bond donors (Lipinski definition) is 2. The van der Waals surface area contributed by atoms with Crippen LogP contribution in [0.25, 0.3) is 11.0 Å². The zero-order valence-corrected chi connectivity index (χ0v) is 14.3. The second-order valence-electron chi connectivity index (χ2n) is 5.51. The number of aromatic nitrogens is 3. The van der Waals surface area contributed by atoms with Gasteiger partial charge in [0, 0.05) is 23.5 Å². The predicted molar refractivity (Wildman–Crippen MR) is 96.4 cm³/mol. The van der Waals surface area contributed by atoms with E-state index in [0.717, 1.165) is 5.56 Å². The molecular formula is C17H15ClN4O3. The number of anilines is 1. The number of halogens is 1. The van der Waals surface area contributed by atoms with Crippen LogP contribution in [0, 0.1) is 6.92 Å². The summed E-state index contributed by atoms with van der Waals surface area (Å²) in [6, 6.07) is 6.53. The van der Waals surface area contributed by atoms with Crippen molar-refractivity contribution in [2.45, 2.75) is 20.4 Å². The second kappa shape index (κ2) is 6.52. The third kappa shape index (κ3) is 3.18. The molecule has 0 aliphatic rings. The molecule has 0 aliphatic carbocycles. The molecule has 8 heteroatoms. The Bertz CT molecular complexity index is 1100. The Labute approximate surface area is 147 Å². The van der Waals surface area contributed by atoms with Crippen molar-refractivity contribution in [1.82, 2.24) is 14.5 Å². The van der Waals surface area contributed by atoms with Crippen molar-refractivity contribution in [2.75, 3.05) is 5.32 Å². The molecule has 3 aromatic rings. The Hall–Kier alpha value is -2.93. The topological polar surface area (TPSA) is 96.9 Å². The van der Waals surface area contributed by atoms with Crippen LogP contribution in [0.5, 0.6) is 0 Å². The Balaban J connectivity index is 2.03. The van der Waals surface area contributed by atoms with Crippen LogP contribution in [0.4, 0.5) is 5.69 Å². The average Bonchev–Trinajstić information content (AvgIpc) is 2.57. The van der Waals surface area contributed by atoms with Gasteiger partial charge in [0.1, 0.15) is 5.65 Å². The van der Waals surface area contributed by atoms with Gasteiger partial charge in [0.15, 0.2) is 0 Å². The minimum Gasteiger partial charge on any atom is -0.322 e. The first-order valence-electron chi connectivity index (χ1n) is 7.61. The first kappa shape index (κ1) is 16.9.